The molecule has 0 N–H and O–H groups in total. The maximum atomic E-state index is 13.6. The van der Waals surface area contributed by atoms with Gasteiger partial charge in [0.05, 0.1) is 6.04 Å². The van der Waals surface area contributed by atoms with Crippen LogP contribution in [0, 0.1) is 23.0 Å². The molecule has 1 aliphatic carbocycles. The second-order valence-electron chi connectivity index (χ2n) is 7.51. The van der Waals surface area contributed by atoms with Crippen molar-refractivity contribution in [3.8, 4) is 6.07 Å². The second kappa shape index (κ2) is 8.14. The fraction of sp³-hybridized carbons (Fsp3) is 0.381. The van der Waals surface area contributed by atoms with E-state index in [0.717, 1.165) is 24.7 Å². The number of aryl methyl sites for hydroxylation is 1. The van der Waals surface area contributed by atoms with Crippen LogP contribution in [0.2, 0.25) is 0 Å². The van der Waals surface area contributed by atoms with Crippen LogP contribution >= 0.6 is 0 Å². The van der Waals surface area contributed by atoms with Gasteiger partial charge in [0.15, 0.2) is 0 Å². The van der Waals surface area contributed by atoms with Crippen molar-refractivity contribution in [2.24, 2.45) is 5.10 Å². The molecule has 0 spiro atoms. The van der Waals surface area contributed by atoms with Crippen molar-refractivity contribution >= 4 is 12.1 Å². The van der Waals surface area contributed by atoms with Gasteiger partial charge in [0.1, 0.15) is 23.5 Å². The minimum atomic E-state index is -0.695. The van der Waals surface area contributed by atoms with Gasteiger partial charge in [-0.25, -0.2) is 23.5 Å². The maximum Gasteiger partial charge on any atom is 0.269 e. The number of amides is 1. The molecule has 1 amide bonds. The van der Waals surface area contributed by atoms with Crippen LogP contribution in [-0.4, -0.2) is 31.9 Å². The van der Waals surface area contributed by atoms with Crippen LogP contribution in [0.3, 0.4) is 0 Å². The molecular formula is C21H20F2N6O. The molecule has 1 unspecified atom stereocenters. The number of aromatic nitrogens is 3. The highest BCUT2D eigenvalue weighted by Crippen LogP contribution is 2.39. The summed E-state index contributed by atoms with van der Waals surface area (Å²) in [7, 11) is 0. The minimum absolute atomic E-state index is 0.156. The summed E-state index contributed by atoms with van der Waals surface area (Å²) in [6.07, 6.45) is 5.02. The summed E-state index contributed by atoms with van der Waals surface area (Å²) in [5.74, 6) is -0.435. The Morgan fingerprint density at radius 1 is 1.27 bits per heavy atom. The average molecular weight is 410 g/mol. The summed E-state index contributed by atoms with van der Waals surface area (Å²) >= 11 is 0. The number of carbonyl (C=O) groups is 1. The lowest BCUT2D eigenvalue weighted by molar-refractivity contribution is -0.129. The number of nitrogens with zero attached hydrogens (tertiary/aromatic N) is 6. The summed E-state index contributed by atoms with van der Waals surface area (Å²) in [5.41, 5.74) is 0.705. The van der Waals surface area contributed by atoms with Crippen LogP contribution in [0.1, 0.15) is 61.3 Å². The number of rotatable bonds is 7. The standard InChI is InChI=1S/C21H20F2N6O/c1-13(3-2-8-28-20(14-4-5-14)26-19(12-24)27-28)21(30)29-18(6-7-25-29)15-9-16(22)11-17(23)10-15/h7,9-11,14,18H,1-6,8H2. The molecule has 9 heteroatoms. The number of halogens is 2. The molecule has 1 atom stereocenters. The summed E-state index contributed by atoms with van der Waals surface area (Å²) in [5, 5.41) is 18.5. The Labute approximate surface area is 172 Å². The highest BCUT2D eigenvalue weighted by atomic mass is 19.1. The van der Waals surface area contributed by atoms with Crippen LogP contribution in [0.4, 0.5) is 8.78 Å². The Balaban J connectivity index is 1.38. The molecule has 2 aromatic rings. The fourth-order valence-electron chi connectivity index (χ4n) is 3.57. The molecule has 0 radical (unpaired) electrons. The monoisotopic (exact) mass is 410 g/mol. The number of benzene rings is 1. The topological polar surface area (TPSA) is 87.2 Å². The Morgan fingerprint density at radius 3 is 2.67 bits per heavy atom. The SMILES string of the molecule is C=C(CCCn1nc(C#N)nc1C1CC1)C(=O)N1N=CCC1c1cc(F)cc(F)c1. The highest BCUT2D eigenvalue weighted by molar-refractivity contribution is 5.94. The van der Waals surface area contributed by atoms with Crippen molar-refractivity contribution in [1.82, 2.24) is 19.8 Å². The smallest absolute Gasteiger partial charge is 0.268 e. The van der Waals surface area contributed by atoms with Crippen LogP contribution in [0.15, 0.2) is 35.5 Å². The number of hydrogen-bond acceptors (Lipinski definition) is 5. The van der Waals surface area contributed by atoms with E-state index in [1.165, 1.54) is 17.1 Å². The van der Waals surface area contributed by atoms with E-state index in [1.54, 1.807) is 10.9 Å². The zero-order valence-corrected chi connectivity index (χ0v) is 16.3. The van der Waals surface area contributed by atoms with E-state index in [1.807, 2.05) is 6.07 Å². The first kappa shape index (κ1) is 19.9. The van der Waals surface area contributed by atoms with E-state index >= 15 is 0 Å². The highest BCUT2D eigenvalue weighted by Gasteiger charge is 2.31. The molecule has 4 rings (SSSR count). The van der Waals surface area contributed by atoms with Crippen molar-refractivity contribution < 1.29 is 13.6 Å². The van der Waals surface area contributed by atoms with Crippen molar-refractivity contribution in [2.75, 3.05) is 0 Å². The van der Waals surface area contributed by atoms with E-state index in [9.17, 15) is 13.6 Å². The normalized spacial score (nSPS) is 17.9. The van der Waals surface area contributed by atoms with E-state index in [2.05, 4.69) is 21.8 Å². The number of hydrazone groups is 1. The van der Waals surface area contributed by atoms with E-state index in [0.29, 0.717) is 42.9 Å². The quantitative estimate of drug-likeness (QED) is 0.653. The summed E-state index contributed by atoms with van der Waals surface area (Å²) in [4.78, 5) is 17.1. The van der Waals surface area contributed by atoms with Crippen LogP contribution in [-0.2, 0) is 11.3 Å². The fourth-order valence-corrected chi connectivity index (χ4v) is 3.57. The van der Waals surface area contributed by atoms with E-state index in [-0.39, 0.29) is 11.7 Å². The molecule has 1 aliphatic heterocycles. The Kier molecular flexibility index (Phi) is 5.40. The molecular weight excluding hydrogens is 390 g/mol. The molecule has 7 nitrogen and oxygen atoms in total. The van der Waals surface area contributed by atoms with Gasteiger partial charge in [-0.3, -0.25) is 4.79 Å². The lowest BCUT2D eigenvalue weighted by Crippen LogP contribution is -2.28. The number of nitriles is 1. The summed E-state index contributed by atoms with van der Waals surface area (Å²) in [6.45, 7) is 4.40. The zero-order chi connectivity index (χ0) is 21.3. The summed E-state index contributed by atoms with van der Waals surface area (Å²) in [6, 6.07) is 4.62. The maximum absolute atomic E-state index is 13.6. The van der Waals surface area contributed by atoms with Crippen molar-refractivity contribution in [1.29, 1.82) is 5.26 Å². The third-order valence-corrected chi connectivity index (χ3v) is 5.20. The molecule has 1 aromatic carbocycles. The van der Waals surface area contributed by atoms with E-state index in [4.69, 9.17) is 5.26 Å². The van der Waals surface area contributed by atoms with Gasteiger partial charge in [0.25, 0.3) is 11.7 Å². The molecule has 1 aromatic heterocycles. The molecule has 154 valence electrons. The lowest BCUT2D eigenvalue weighted by atomic mass is 10.0. The molecule has 30 heavy (non-hydrogen) atoms. The Hall–Kier alpha value is -3.41. The molecule has 1 fully saturated rings. The lowest BCUT2D eigenvalue weighted by Gasteiger charge is -2.23. The zero-order valence-electron chi connectivity index (χ0n) is 16.3. The minimum Gasteiger partial charge on any atom is -0.268 e. The predicted molar refractivity (Wildman–Crippen MR) is 104 cm³/mol. The molecule has 1 saturated carbocycles. The average Bonchev–Trinajstić information content (AvgIpc) is 3.29. The summed E-state index contributed by atoms with van der Waals surface area (Å²) < 4.78 is 28.9. The molecule has 2 heterocycles. The van der Waals surface area contributed by atoms with Crippen LogP contribution in [0.25, 0.3) is 0 Å². The van der Waals surface area contributed by atoms with Gasteiger partial charge < -0.3 is 0 Å². The molecule has 0 bridgehead atoms. The van der Waals surface area contributed by atoms with Gasteiger partial charge in [-0.15, -0.1) is 5.10 Å². The number of hydrogen-bond donors (Lipinski definition) is 0. The van der Waals surface area contributed by atoms with Gasteiger partial charge in [-0.05, 0) is 43.4 Å². The van der Waals surface area contributed by atoms with Crippen LogP contribution < -0.4 is 0 Å². The first-order valence-electron chi connectivity index (χ1n) is 9.81. The van der Waals surface area contributed by atoms with Crippen molar-refractivity contribution in [3.05, 3.63) is 59.2 Å². The predicted octanol–water partition coefficient (Wildman–Crippen LogP) is 3.60. The van der Waals surface area contributed by atoms with E-state index < -0.39 is 17.7 Å². The number of carbonyl (C=O) groups excluding carboxylic acids is 1. The van der Waals surface area contributed by atoms with Crippen molar-refractivity contribution in [3.63, 3.8) is 0 Å². The largest absolute Gasteiger partial charge is 0.269 e. The third-order valence-electron chi connectivity index (χ3n) is 5.20. The van der Waals surface area contributed by atoms with Crippen molar-refractivity contribution in [2.45, 2.75) is 50.6 Å². The first-order chi connectivity index (χ1) is 14.5. The van der Waals surface area contributed by atoms with Gasteiger partial charge in [0, 0.05) is 36.7 Å². The second-order valence-corrected chi connectivity index (χ2v) is 7.51. The third kappa shape index (κ3) is 4.13. The van der Waals surface area contributed by atoms with Gasteiger partial charge >= 0.3 is 0 Å². The van der Waals surface area contributed by atoms with Crippen LogP contribution in [0.5, 0.6) is 0 Å². The van der Waals surface area contributed by atoms with Gasteiger partial charge in [-0.1, -0.05) is 6.58 Å². The van der Waals surface area contributed by atoms with Gasteiger partial charge in [-0.2, -0.15) is 10.4 Å². The molecule has 2 aliphatic rings. The Morgan fingerprint density at radius 2 is 2.00 bits per heavy atom. The van der Waals surface area contributed by atoms with Gasteiger partial charge in [0.2, 0.25) is 0 Å². The first-order valence-corrected chi connectivity index (χ1v) is 9.81. The Bertz CT molecular complexity index is 1050. The molecule has 0 saturated heterocycles.